The van der Waals surface area contributed by atoms with E-state index in [1.165, 1.54) is 12.1 Å². The van der Waals surface area contributed by atoms with Gasteiger partial charge in [0.2, 0.25) is 5.91 Å². The van der Waals surface area contributed by atoms with E-state index in [0.29, 0.717) is 25.1 Å². The van der Waals surface area contributed by atoms with E-state index in [1.807, 2.05) is 0 Å². The molecule has 18 heavy (non-hydrogen) atoms. The molecule has 1 unspecified atom stereocenters. The zero-order valence-corrected chi connectivity index (χ0v) is 9.57. The summed E-state index contributed by atoms with van der Waals surface area (Å²) in [5, 5.41) is 0. The lowest BCUT2D eigenvalue weighted by Gasteiger charge is -2.16. The molecule has 1 aromatic rings. The number of carbonyl (C=O) groups is 1. The molecule has 1 aliphatic heterocycles. The first-order valence-electron chi connectivity index (χ1n) is 5.58. The number of hydrogen-bond donors (Lipinski definition) is 1. The molecule has 1 saturated heterocycles. The number of amides is 1. The number of nitrogens with zero attached hydrogens (tertiary/aromatic N) is 1. The Morgan fingerprint density at radius 2 is 1.89 bits per heavy atom. The maximum Gasteiger partial charge on any atom is 0.416 e. The molecular formula is C12H13F3N2O. The molecule has 1 amide bonds. The fourth-order valence-corrected chi connectivity index (χ4v) is 1.94. The highest BCUT2D eigenvalue weighted by Crippen LogP contribution is 2.29. The largest absolute Gasteiger partial charge is 0.416 e. The Balaban J connectivity index is 2.05. The fourth-order valence-electron chi connectivity index (χ4n) is 1.94. The lowest BCUT2D eigenvalue weighted by Crippen LogP contribution is -2.33. The van der Waals surface area contributed by atoms with Gasteiger partial charge in [0.05, 0.1) is 11.6 Å². The molecule has 0 aliphatic carbocycles. The highest BCUT2D eigenvalue weighted by atomic mass is 19.4. The summed E-state index contributed by atoms with van der Waals surface area (Å²) in [6, 6.07) is 4.35. The van der Waals surface area contributed by atoms with Gasteiger partial charge in [0.15, 0.2) is 0 Å². The van der Waals surface area contributed by atoms with Crippen molar-refractivity contribution < 1.29 is 18.0 Å². The van der Waals surface area contributed by atoms with Gasteiger partial charge >= 0.3 is 6.18 Å². The van der Waals surface area contributed by atoms with E-state index in [0.717, 1.165) is 12.1 Å². The molecule has 0 radical (unpaired) electrons. The Bertz CT molecular complexity index is 442. The number of hydrogen-bond acceptors (Lipinski definition) is 2. The third-order valence-corrected chi connectivity index (χ3v) is 2.99. The van der Waals surface area contributed by atoms with Crippen LogP contribution in [0.5, 0.6) is 0 Å². The van der Waals surface area contributed by atoms with Crippen LogP contribution in [0.4, 0.5) is 13.2 Å². The van der Waals surface area contributed by atoms with Gasteiger partial charge in [-0.25, -0.2) is 0 Å². The number of halogens is 3. The van der Waals surface area contributed by atoms with Crippen molar-refractivity contribution in [2.75, 3.05) is 6.54 Å². The number of benzene rings is 1. The van der Waals surface area contributed by atoms with Crippen LogP contribution in [-0.2, 0) is 17.5 Å². The first kappa shape index (κ1) is 12.9. The quantitative estimate of drug-likeness (QED) is 0.878. The molecule has 3 nitrogen and oxygen atoms in total. The fraction of sp³-hybridized carbons (Fsp3) is 0.417. The molecule has 1 fully saturated rings. The number of likely N-dealkylation sites (tertiary alicyclic amines) is 1. The van der Waals surface area contributed by atoms with Crippen molar-refractivity contribution in [3.63, 3.8) is 0 Å². The van der Waals surface area contributed by atoms with Crippen LogP contribution in [0.2, 0.25) is 0 Å². The smallest absolute Gasteiger partial charge is 0.337 e. The van der Waals surface area contributed by atoms with Crippen LogP contribution in [0.25, 0.3) is 0 Å². The minimum atomic E-state index is -4.33. The molecule has 0 aromatic heterocycles. The minimum Gasteiger partial charge on any atom is -0.337 e. The molecule has 6 heteroatoms. The summed E-state index contributed by atoms with van der Waals surface area (Å²) in [5.41, 5.74) is 5.55. The lowest BCUT2D eigenvalue weighted by atomic mass is 10.1. The maximum atomic E-state index is 12.4. The Morgan fingerprint density at radius 3 is 2.33 bits per heavy atom. The number of carbonyl (C=O) groups excluding carboxylic acids is 1. The van der Waals surface area contributed by atoms with Gasteiger partial charge < -0.3 is 10.6 Å². The second-order valence-electron chi connectivity index (χ2n) is 4.35. The van der Waals surface area contributed by atoms with E-state index in [2.05, 4.69) is 0 Å². The van der Waals surface area contributed by atoms with Crippen molar-refractivity contribution >= 4 is 5.91 Å². The summed E-state index contributed by atoms with van der Waals surface area (Å²) in [7, 11) is 0. The Morgan fingerprint density at radius 1 is 1.28 bits per heavy atom. The zero-order chi connectivity index (χ0) is 13.3. The average Bonchev–Trinajstić information content (AvgIpc) is 2.61. The van der Waals surface area contributed by atoms with Gasteiger partial charge in [0.25, 0.3) is 0 Å². The lowest BCUT2D eigenvalue weighted by molar-refractivity contribution is -0.137. The minimum absolute atomic E-state index is 0.144. The summed E-state index contributed by atoms with van der Waals surface area (Å²) in [5.74, 6) is -0.144. The van der Waals surface area contributed by atoms with Crippen LogP contribution in [0, 0.1) is 0 Å². The summed E-state index contributed by atoms with van der Waals surface area (Å²) in [6.45, 7) is 0.867. The predicted molar refractivity (Wildman–Crippen MR) is 59.5 cm³/mol. The molecule has 0 saturated carbocycles. The van der Waals surface area contributed by atoms with Crippen molar-refractivity contribution in [2.24, 2.45) is 5.73 Å². The second-order valence-corrected chi connectivity index (χ2v) is 4.35. The number of alkyl halides is 3. The summed E-state index contributed by atoms with van der Waals surface area (Å²) >= 11 is 0. The molecule has 98 valence electrons. The molecule has 2 N–H and O–H groups in total. The molecule has 0 bridgehead atoms. The van der Waals surface area contributed by atoms with Gasteiger partial charge in [-0.1, -0.05) is 12.1 Å². The van der Waals surface area contributed by atoms with Gasteiger partial charge in [-0.15, -0.1) is 0 Å². The van der Waals surface area contributed by atoms with E-state index in [-0.39, 0.29) is 5.91 Å². The molecule has 1 aliphatic rings. The topological polar surface area (TPSA) is 46.3 Å². The van der Waals surface area contributed by atoms with Crippen LogP contribution in [0.3, 0.4) is 0 Å². The molecule has 0 spiro atoms. The van der Waals surface area contributed by atoms with Crippen LogP contribution < -0.4 is 5.73 Å². The zero-order valence-electron chi connectivity index (χ0n) is 9.57. The third kappa shape index (κ3) is 2.64. The maximum absolute atomic E-state index is 12.4. The van der Waals surface area contributed by atoms with E-state index in [9.17, 15) is 18.0 Å². The Labute approximate surface area is 102 Å². The first-order chi connectivity index (χ1) is 8.38. The average molecular weight is 258 g/mol. The van der Waals surface area contributed by atoms with Crippen molar-refractivity contribution in [3.8, 4) is 0 Å². The van der Waals surface area contributed by atoms with Gasteiger partial charge in [0.1, 0.15) is 0 Å². The van der Waals surface area contributed by atoms with E-state index >= 15 is 0 Å². The molecule has 2 rings (SSSR count). The molecule has 1 aromatic carbocycles. The van der Waals surface area contributed by atoms with Gasteiger partial charge in [0, 0.05) is 13.1 Å². The highest BCUT2D eigenvalue weighted by Gasteiger charge is 2.31. The van der Waals surface area contributed by atoms with Crippen LogP contribution in [0.15, 0.2) is 24.3 Å². The second kappa shape index (κ2) is 4.61. The SMILES string of the molecule is NC1CCN(Cc2ccc(C(F)(F)F)cc2)C1=O. The van der Waals surface area contributed by atoms with E-state index < -0.39 is 17.8 Å². The van der Waals surface area contributed by atoms with E-state index in [4.69, 9.17) is 5.73 Å². The normalized spacial score (nSPS) is 20.6. The first-order valence-corrected chi connectivity index (χ1v) is 5.58. The van der Waals surface area contributed by atoms with Gasteiger partial charge in [-0.3, -0.25) is 4.79 Å². The molecular weight excluding hydrogens is 245 g/mol. The van der Waals surface area contributed by atoms with Crippen molar-refractivity contribution in [1.29, 1.82) is 0 Å². The number of nitrogens with two attached hydrogens (primary N) is 1. The summed E-state index contributed by atoms with van der Waals surface area (Å²) < 4.78 is 37.1. The third-order valence-electron chi connectivity index (χ3n) is 2.99. The highest BCUT2D eigenvalue weighted by molar-refractivity contribution is 5.83. The van der Waals surface area contributed by atoms with Crippen molar-refractivity contribution in [1.82, 2.24) is 4.90 Å². The molecule has 1 heterocycles. The summed E-state index contributed by atoms with van der Waals surface area (Å²) in [6.07, 6.45) is -3.73. The van der Waals surface area contributed by atoms with Gasteiger partial charge in [-0.2, -0.15) is 13.2 Å². The predicted octanol–water partition coefficient (Wildman–Crippen LogP) is 1.76. The van der Waals surface area contributed by atoms with Crippen molar-refractivity contribution in [3.05, 3.63) is 35.4 Å². The van der Waals surface area contributed by atoms with Crippen LogP contribution >= 0.6 is 0 Å². The monoisotopic (exact) mass is 258 g/mol. The van der Waals surface area contributed by atoms with E-state index in [1.54, 1.807) is 4.90 Å². The standard InChI is InChI=1S/C12H13F3N2O/c13-12(14,15)9-3-1-8(2-4-9)7-17-6-5-10(16)11(17)18/h1-4,10H,5-7,16H2. The summed E-state index contributed by atoms with van der Waals surface area (Å²) in [4.78, 5) is 13.1. The Kier molecular flexibility index (Phi) is 3.30. The Hall–Kier alpha value is -1.56. The van der Waals surface area contributed by atoms with Gasteiger partial charge in [-0.05, 0) is 24.1 Å². The van der Waals surface area contributed by atoms with Crippen LogP contribution in [0.1, 0.15) is 17.5 Å². The van der Waals surface area contributed by atoms with Crippen LogP contribution in [-0.4, -0.2) is 23.4 Å². The van der Waals surface area contributed by atoms with Crippen molar-refractivity contribution in [2.45, 2.75) is 25.2 Å². The molecule has 1 atom stereocenters. The number of rotatable bonds is 2.